The molecular weight excluding hydrogens is 617 g/mol. The second-order valence-electron chi connectivity index (χ2n) is 12.2. The summed E-state index contributed by atoms with van der Waals surface area (Å²) in [7, 11) is 0. The fourth-order valence-electron chi connectivity index (χ4n) is 6.74. The average molecular weight is 643 g/mol. The molecule has 4 aromatic heterocycles. The molecule has 0 spiro atoms. The lowest BCUT2D eigenvalue weighted by atomic mass is 9.98. The van der Waals surface area contributed by atoms with Crippen LogP contribution in [0.25, 0.3) is 101 Å². The van der Waals surface area contributed by atoms with Crippen LogP contribution in [-0.2, 0) is 0 Å². The van der Waals surface area contributed by atoms with Crippen LogP contribution in [0.5, 0.6) is 0 Å². The highest BCUT2D eigenvalue weighted by molar-refractivity contribution is 6.11. The second-order valence-corrected chi connectivity index (χ2v) is 12.2. The van der Waals surface area contributed by atoms with E-state index < -0.39 is 0 Å². The van der Waals surface area contributed by atoms with Gasteiger partial charge in [0, 0.05) is 33.0 Å². The zero-order valence-electron chi connectivity index (χ0n) is 26.6. The van der Waals surface area contributed by atoms with Crippen LogP contribution in [0.1, 0.15) is 0 Å². The first-order chi connectivity index (χ1) is 24.8. The fourth-order valence-corrected chi connectivity index (χ4v) is 6.74. The molecule has 6 heteroatoms. The van der Waals surface area contributed by atoms with E-state index in [-0.39, 0.29) is 0 Å². The van der Waals surface area contributed by atoms with Crippen molar-refractivity contribution in [3.05, 3.63) is 158 Å². The molecule has 6 aromatic carbocycles. The Bertz CT molecular complexity index is 2640. The maximum Gasteiger partial charge on any atom is 0.231 e. The van der Waals surface area contributed by atoms with Gasteiger partial charge >= 0.3 is 0 Å². The van der Waals surface area contributed by atoms with Gasteiger partial charge in [-0.05, 0) is 23.3 Å². The highest BCUT2D eigenvalue weighted by atomic mass is 16.3. The molecule has 0 aliphatic carbocycles. The van der Waals surface area contributed by atoms with Crippen molar-refractivity contribution >= 4 is 44.1 Å². The summed E-state index contributed by atoms with van der Waals surface area (Å²) < 4.78 is 12.5. The van der Waals surface area contributed by atoms with Gasteiger partial charge in [-0.2, -0.15) is 9.97 Å². The number of hydrogen-bond acceptors (Lipinski definition) is 6. The molecule has 0 saturated heterocycles. The van der Waals surface area contributed by atoms with E-state index in [0.717, 1.165) is 77.5 Å². The molecule has 0 unspecified atom stereocenters. The maximum atomic E-state index is 6.23. The minimum atomic E-state index is 0.578. The first kappa shape index (κ1) is 28.1. The van der Waals surface area contributed by atoms with Crippen molar-refractivity contribution in [2.45, 2.75) is 0 Å². The lowest BCUT2D eigenvalue weighted by Gasteiger charge is -2.09. The van der Waals surface area contributed by atoms with Crippen LogP contribution in [0.3, 0.4) is 0 Å². The first-order valence-electron chi connectivity index (χ1n) is 16.5. The van der Waals surface area contributed by atoms with Crippen LogP contribution in [0, 0.1) is 0 Å². The van der Waals surface area contributed by atoms with Gasteiger partial charge in [0.15, 0.2) is 11.6 Å². The maximum absolute atomic E-state index is 6.23. The largest absolute Gasteiger partial charge is 0.438 e. The molecule has 10 aromatic rings. The van der Waals surface area contributed by atoms with Crippen molar-refractivity contribution in [2.75, 3.05) is 0 Å². The number of benzene rings is 6. The molecule has 0 N–H and O–H groups in total. The average Bonchev–Trinajstić information content (AvgIpc) is 3.76. The Morgan fingerprint density at radius 2 is 0.660 bits per heavy atom. The van der Waals surface area contributed by atoms with Gasteiger partial charge in [0.05, 0.1) is 22.2 Å². The van der Waals surface area contributed by atoms with Crippen molar-refractivity contribution < 1.29 is 8.83 Å². The topological polar surface area (TPSA) is 77.8 Å². The fraction of sp³-hybridized carbons (Fsp3) is 0. The van der Waals surface area contributed by atoms with Crippen LogP contribution in [0.15, 0.2) is 167 Å². The van der Waals surface area contributed by atoms with Gasteiger partial charge in [-0.25, -0.2) is 9.97 Å². The predicted molar refractivity (Wildman–Crippen MR) is 199 cm³/mol. The zero-order chi connectivity index (χ0) is 33.0. The Labute approximate surface area is 286 Å². The van der Waals surface area contributed by atoms with Crippen LogP contribution in [0.2, 0.25) is 0 Å². The molecular formula is C44H26N4O2. The number of aromatic nitrogens is 4. The summed E-state index contributed by atoms with van der Waals surface area (Å²) in [6.45, 7) is 0. The Hall–Kier alpha value is -6.92. The van der Waals surface area contributed by atoms with Gasteiger partial charge in [0.2, 0.25) is 11.4 Å². The van der Waals surface area contributed by atoms with Gasteiger partial charge in [0.25, 0.3) is 0 Å². The molecule has 0 saturated carbocycles. The van der Waals surface area contributed by atoms with E-state index in [4.69, 9.17) is 28.8 Å². The third kappa shape index (κ3) is 4.65. The molecule has 0 amide bonds. The molecule has 234 valence electrons. The van der Waals surface area contributed by atoms with Crippen molar-refractivity contribution in [1.82, 2.24) is 19.9 Å². The smallest absolute Gasteiger partial charge is 0.231 e. The summed E-state index contributed by atoms with van der Waals surface area (Å²) in [6, 6.07) is 53.1. The minimum absolute atomic E-state index is 0.578. The van der Waals surface area contributed by atoms with E-state index in [1.807, 2.05) is 97.1 Å². The highest BCUT2D eigenvalue weighted by Crippen LogP contribution is 2.39. The quantitative estimate of drug-likeness (QED) is 0.186. The predicted octanol–water partition coefficient (Wildman–Crippen LogP) is 11.4. The van der Waals surface area contributed by atoms with Crippen LogP contribution < -0.4 is 0 Å². The molecule has 0 fully saturated rings. The van der Waals surface area contributed by atoms with Gasteiger partial charge in [-0.1, -0.05) is 146 Å². The summed E-state index contributed by atoms with van der Waals surface area (Å²) in [5, 5.41) is 3.82. The molecule has 0 aliphatic rings. The number of rotatable bonds is 5. The van der Waals surface area contributed by atoms with Gasteiger partial charge in [-0.3, -0.25) is 0 Å². The van der Waals surface area contributed by atoms with Gasteiger partial charge in [-0.15, -0.1) is 0 Å². The number of hydrogen-bond donors (Lipinski definition) is 0. The molecule has 0 atom stereocenters. The summed E-state index contributed by atoms with van der Waals surface area (Å²) in [6.07, 6.45) is 0. The molecule has 10 rings (SSSR count). The number of para-hydroxylation sites is 2. The molecule has 0 aliphatic heterocycles. The Morgan fingerprint density at radius 1 is 0.300 bits per heavy atom. The summed E-state index contributed by atoms with van der Waals surface area (Å²) in [4.78, 5) is 19.8. The minimum Gasteiger partial charge on any atom is -0.438 e. The van der Waals surface area contributed by atoms with Crippen molar-refractivity contribution in [3.63, 3.8) is 0 Å². The monoisotopic (exact) mass is 642 g/mol. The molecule has 0 bridgehead atoms. The summed E-state index contributed by atoms with van der Waals surface area (Å²) in [5.74, 6) is 1.26. The zero-order valence-corrected chi connectivity index (χ0v) is 26.6. The number of nitrogens with zero attached hydrogens (tertiary/aromatic N) is 4. The summed E-state index contributed by atoms with van der Waals surface area (Å²) in [5.41, 5.74) is 10.5. The third-order valence-electron chi connectivity index (χ3n) is 9.19. The van der Waals surface area contributed by atoms with E-state index in [2.05, 4.69) is 60.7 Å². The van der Waals surface area contributed by atoms with Gasteiger partial charge < -0.3 is 8.83 Å². The second kappa shape index (κ2) is 11.4. The Morgan fingerprint density at radius 3 is 1.08 bits per heavy atom. The van der Waals surface area contributed by atoms with Crippen LogP contribution in [0.4, 0.5) is 0 Å². The van der Waals surface area contributed by atoms with E-state index in [1.54, 1.807) is 0 Å². The molecule has 0 radical (unpaired) electrons. The van der Waals surface area contributed by atoms with E-state index in [0.29, 0.717) is 23.1 Å². The lowest BCUT2D eigenvalue weighted by molar-refractivity contribution is 0.653. The molecule has 6 nitrogen and oxygen atoms in total. The first-order valence-corrected chi connectivity index (χ1v) is 16.5. The van der Waals surface area contributed by atoms with Crippen molar-refractivity contribution in [3.8, 4) is 56.4 Å². The van der Waals surface area contributed by atoms with E-state index in [9.17, 15) is 0 Å². The van der Waals surface area contributed by atoms with Gasteiger partial charge in [0.1, 0.15) is 11.2 Å². The van der Waals surface area contributed by atoms with E-state index in [1.165, 1.54) is 0 Å². The van der Waals surface area contributed by atoms with Crippen molar-refractivity contribution in [2.24, 2.45) is 0 Å². The molecule has 4 heterocycles. The normalized spacial score (nSPS) is 11.6. The molecule has 50 heavy (non-hydrogen) atoms. The number of fused-ring (bicyclic) bond motifs is 6. The summed E-state index contributed by atoms with van der Waals surface area (Å²) >= 11 is 0. The van der Waals surface area contributed by atoms with Crippen molar-refractivity contribution in [1.29, 1.82) is 0 Å². The highest BCUT2D eigenvalue weighted by Gasteiger charge is 2.20. The lowest BCUT2D eigenvalue weighted by Crippen LogP contribution is -1.94. The SMILES string of the molecule is c1ccc(-c2nc(-c3ccc(-c4ccc(-c5nc(-c6ccccc6)nc6oc7ccccc7c56)cc4)cc3)c3c(n2)oc2ccccc23)cc1. The standard InChI is InChI=1S/C44H26N4O2/c1-3-11-31(12-4-1)41-45-39(37-33-15-7-9-17-35(33)49-43(37)47-41)29-23-19-27(20-24-29)28-21-25-30(26-22-28)40-38-34-16-8-10-18-36(34)50-44(38)48-42(46-40)32-13-5-2-6-14-32/h1-26H. The van der Waals surface area contributed by atoms with Crippen LogP contribution in [-0.4, -0.2) is 19.9 Å². The Kier molecular flexibility index (Phi) is 6.39. The third-order valence-corrected chi connectivity index (χ3v) is 9.19. The number of furan rings is 2. The van der Waals surface area contributed by atoms with Crippen LogP contribution >= 0.6 is 0 Å². The van der Waals surface area contributed by atoms with E-state index >= 15 is 0 Å². The Balaban J connectivity index is 1.05.